The number of carbonyl (C=O) groups excluding carboxylic acids is 1. The van der Waals surface area contributed by atoms with Crippen molar-refractivity contribution in [2.75, 3.05) is 46.4 Å². The summed E-state index contributed by atoms with van der Waals surface area (Å²) in [6, 6.07) is 0.00169. The number of hydrogen-bond donors (Lipinski definition) is 1. The molecule has 0 aromatic carbocycles. The number of morpholine rings is 1. The normalized spacial score (nSPS) is 21.8. The Morgan fingerprint density at radius 1 is 1.50 bits per heavy atom. The zero-order chi connectivity index (χ0) is 12.0. The van der Waals surface area contributed by atoms with Gasteiger partial charge in [-0.1, -0.05) is 0 Å². The van der Waals surface area contributed by atoms with Crippen LogP contribution < -0.4 is 5.32 Å². The second-order valence-corrected chi connectivity index (χ2v) is 4.11. The molecular formula is C11H23N3O2. The van der Waals surface area contributed by atoms with Crippen molar-refractivity contribution in [1.82, 2.24) is 15.1 Å². The summed E-state index contributed by atoms with van der Waals surface area (Å²) in [5.41, 5.74) is 0. The van der Waals surface area contributed by atoms with Crippen LogP contribution in [-0.2, 0) is 4.74 Å². The maximum absolute atomic E-state index is 11.7. The third-order valence-electron chi connectivity index (χ3n) is 2.87. The third-order valence-corrected chi connectivity index (χ3v) is 2.87. The zero-order valence-corrected chi connectivity index (χ0v) is 10.5. The number of urea groups is 1. The molecular weight excluding hydrogens is 206 g/mol. The number of ether oxygens (including phenoxy) is 1. The smallest absolute Gasteiger partial charge is 0.317 e. The molecule has 1 unspecified atom stereocenters. The maximum atomic E-state index is 11.7. The molecule has 94 valence electrons. The first-order valence-electron chi connectivity index (χ1n) is 6.00. The van der Waals surface area contributed by atoms with Gasteiger partial charge in [0.05, 0.1) is 12.7 Å². The van der Waals surface area contributed by atoms with Gasteiger partial charge in [0.15, 0.2) is 0 Å². The fourth-order valence-electron chi connectivity index (χ4n) is 1.81. The molecule has 0 aromatic rings. The van der Waals surface area contributed by atoms with Gasteiger partial charge in [-0.3, -0.25) is 0 Å². The van der Waals surface area contributed by atoms with Gasteiger partial charge in [-0.2, -0.15) is 0 Å². The van der Waals surface area contributed by atoms with E-state index in [-0.39, 0.29) is 12.1 Å². The summed E-state index contributed by atoms with van der Waals surface area (Å²) in [4.78, 5) is 15.7. The summed E-state index contributed by atoms with van der Waals surface area (Å²) >= 11 is 0. The van der Waals surface area contributed by atoms with Crippen LogP contribution in [0.25, 0.3) is 0 Å². The largest absolute Gasteiger partial charge is 0.374 e. The van der Waals surface area contributed by atoms with E-state index < -0.39 is 0 Å². The monoisotopic (exact) mass is 229 g/mol. The molecule has 1 rings (SSSR count). The molecule has 1 aliphatic rings. The van der Waals surface area contributed by atoms with E-state index in [0.717, 1.165) is 32.8 Å². The van der Waals surface area contributed by atoms with Crippen LogP contribution in [0.5, 0.6) is 0 Å². The lowest BCUT2D eigenvalue weighted by Crippen LogP contribution is -2.48. The summed E-state index contributed by atoms with van der Waals surface area (Å²) < 4.78 is 5.57. The summed E-state index contributed by atoms with van der Waals surface area (Å²) in [7, 11) is 2.07. The number of hydrogen-bond acceptors (Lipinski definition) is 3. The fraction of sp³-hybridized carbons (Fsp3) is 0.909. The van der Waals surface area contributed by atoms with Crippen molar-refractivity contribution in [1.29, 1.82) is 0 Å². The third kappa shape index (κ3) is 3.98. The van der Waals surface area contributed by atoms with E-state index in [2.05, 4.69) is 17.3 Å². The molecule has 0 saturated carbocycles. The van der Waals surface area contributed by atoms with Gasteiger partial charge in [0.2, 0.25) is 0 Å². The minimum atomic E-state index is 0.00169. The van der Waals surface area contributed by atoms with Gasteiger partial charge in [0.25, 0.3) is 0 Å². The molecule has 1 aliphatic heterocycles. The van der Waals surface area contributed by atoms with Crippen LogP contribution in [0.15, 0.2) is 0 Å². The van der Waals surface area contributed by atoms with Crippen molar-refractivity contribution in [3.8, 4) is 0 Å². The zero-order valence-electron chi connectivity index (χ0n) is 10.5. The Labute approximate surface area is 97.7 Å². The quantitative estimate of drug-likeness (QED) is 0.757. The number of carbonyl (C=O) groups is 1. The van der Waals surface area contributed by atoms with Gasteiger partial charge in [-0.25, -0.2) is 4.79 Å². The SMILES string of the molecule is CCN(CC)C(=O)NCC1CN(C)CCO1. The van der Waals surface area contributed by atoms with E-state index >= 15 is 0 Å². The second kappa shape index (κ2) is 6.70. The highest BCUT2D eigenvalue weighted by Gasteiger charge is 2.19. The van der Waals surface area contributed by atoms with Crippen LogP contribution in [0.2, 0.25) is 0 Å². The van der Waals surface area contributed by atoms with E-state index in [9.17, 15) is 4.79 Å². The Bertz CT molecular complexity index is 219. The van der Waals surface area contributed by atoms with Gasteiger partial charge >= 0.3 is 6.03 Å². The molecule has 0 spiro atoms. The molecule has 1 heterocycles. The maximum Gasteiger partial charge on any atom is 0.317 e. The second-order valence-electron chi connectivity index (χ2n) is 4.11. The number of nitrogens with one attached hydrogen (secondary N) is 1. The van der Waals surface area contributed by atoms with Crippen LogP contribution in [0.1, 0.15) is 13.8 Å². The molecule has 1 saturated heterocycles. The van der Waals surface area contributed by atoms with E-state index in [4.69, 9.17) is 4.74 Å². The van der Waals surface area contributed by atoms with E-state index in [1.165, 1.54) is 0 Å². The van der Waals surface area contributed by atoms with Gasteiger partial charge in [0, 0.05) is 32.7 Å². The molecule has 2 amide bonds. The average Bonchev–Trinajstić information content (AvgIpc) is 2.28. The van der Waals surface area contributed by atoms with Gasteiger partial charge in [0.1, 0.15) is 0 Å². The summed E-state index contributed by atoms with van der Waals surface area (Å²) in [5.74, 6) is 0. The Morgan fingerprint density at radius 2 is 2.19 bits per heavy atom. The highest BCUT2D eigenvalue weighted by Crippen LogP contribution is 2.01. The highest BCUT2D eigenvalue weighted by atomic mass is 16.5. The summed E-state index contributed by atoms with van der Waals surface area (Å²) in [5, 5.41) is 2.91. The number of rotatable bonds is 4. The molecule has 5 heteroatoms. The first-order chi connectivity index (χ1) is 7.67. The highest BCUT2D eigenvalue weighted by molar-refractivity contribution is 5.74. The summed E-state index contributed by atoms with van der Waals surface area (Å²) in [6.07, 6.45) is 0.123. The molecule has 0 bridgehead atoms. The lowest BCUT2D eigenvalue weighted by Gasteiger charge is -2.30. The van der Waals surface area contributed by atoms with E-state index in [1.807, 2.05) is 13.8 Å². The van der Waals surface area contributed by atoms with Crippen molar-refractivity contribution in [3.05, 3.63) is 0 Å². The topological polar surface area (TPSA) is 44.8 Å². The molecule has 1 fully saturated rings. The molecule has 1 atom stereocenters. The van der Waals surface area contributed by atoms with Crippen LogP contribution >= 0.6 is 0 Å². The van der Waals surface area contributed by atoms with Crippen LogP contribution in [-0.4, -0.2) is 68.3 Å². The minimum Gasteiger partial charge on any atom is -0.374 e. The first-order valence-corrected chi connectivity index (χ1v) is 6.00. The predicted molar refractivity (Wildman–Crippen MR) is 63.6 cm³/mol. The Balaban J connectivity index is 2.25. The Hall–Kier alpha value is -0.810. The Morgan fingerprint density at radius 3 is 2.75 bits per heavy atom. The Kier molecular flexibility index (Phi) is 5.55. The molecule has 0 aliphatic carbocycles. The number of nitrogens with zero attached hydrogens (tertiary/aromatic N) is 2. The lowest BCUT2D eigenvalue weighted by atomic mass is 10.3. The standard InChI is InChI=1S/C11H23N3O2/c1-4-14(5-2)11(15)12-8-10-9-13(3)6-7-16-10/h10H,4-9H2,1-3H3,(H,12,15). The van der Waals surface area contributed by atoms with Crippen LogP contribution in [0.3, 0.4) is 0 Å². The number of amides is 2. The molecule has 1 N–H and O–H groups in total. The lowest BCUT2D eigenvalue weighted by molar-refractivity contribution is -0.0172. The van der Waals surface area contributed by atoms with Gasteiger partial charge in [-0.15, -0.1) is 0 Å². The van der Waals surface area contributed by atoms with Gasteiger partial charge < -0.3 is 19.9 Å². The van der Waals surface area contributed by atoms with E-state index in [0.29, 0.717) is 6.54 Å². The van der Waals surface area contributed by atoms with Crippen LogP contribution in [0, 0.1) is 0 Å². The molecule has 5 nitrogen and oxygen atoms in total. The minimum absolute atomic E-state index is 0.00169. The van der Waals surface area contributed by atoms with Crippen molar-refractivity contribution in [2.24, 2.45) is 0 Å². The first kappa shape index (κ1) is 13.3. The number of likely N-dealkylation sites (N-methyl/N-ethyl adjacent to an activating group) is 1. The van der Waals surface area contributed by atoms with Crippen LogP contribution in [0.4, 0.5) is 4.79 Å². The molecule has 0 aromatic heterocycles. The molecule has 16 heavy (non-hydrogen) atoms. The van der Waals surface area contributed by atoms with Crippen molar-refractivity contribution < 1.29 is 9.53 Å². The van der Waals surface area contributed by atoms with Crippen molar-refractivity contribution in [2.45, 2.75) is 20.0 Å². The average molecular weight is 229 g/mol. The van der Waals surface area contributed by atoms with Gasteiger partial charge in [-0.05, 0) is 20.9 Å². The fourth-order valence-corrected chi connectivity index (χ4v) is 1.81. The molecule has 0 radical (unpaired) electrons. The predicted octanol–water partition coefficient (Wildman–Crippen LogP) is 0.368. The van der Waals surface area contributed by atoms with Crippen molar-refractivity contribution in [3.63, 3.8) is 0 Å². The van der Waals surface area contributed by atoms with E-state index in [1.54, 1.807) is 4.90 Å². The summed E-state index contributed by atoms with van der Waals surface area (Å²) in [6.45, 7) is 8.66. The van der Waals surface area contributed by atoms with Crippen molar-refractivity contribution >= 4 is 6.03 Å².